The van der Waals surface area contributed by atoms with Crippen LogP contribution < -0.4 is 0 Å². The van der Waals surface area contributed by atoms with Gasteiger partial charge in [0, 0.05) is 27.1 Å². The van der Waals surface area contributed by atoms with Crippen molar-refractivity contribution in [3.05, 3.63) is 191 Å². The standard InChI is InChI=1S/C54H26N8/c55-27-33-6-5-7-36(20-33)48-26-51(61-49-10-3-1-8-44(49)46-18-14-37(23-52(46)61)42-16-12-34(28-56)21-39(42)30-58)41(32-60)25-54(48)62-50-11-4-2-9-45(50)47-19-15-38(24-53(47)62)43-17-13-35(29-57)22-40(43)31-59/h1-26H. The number of aromatic nitrogens is 2. The first-order chi connectivity index (χ1) is 30.5. The normalized spacial score (nSPS) is 10.8. The first-order valence-electron chi connectivity index (χ1n) is 19.5. The van der Waals surface area contributed by atoms with Crippen LogP contribution in [0.1, 0.15) is 33.4 Å². The Bertz CT molecular complexity index is 3840. The van der Waals surface area contributed by atoms with Crippen molar-refractivity contribution in [1.29, 1.82) is 31.6 Å². The molecule has 0 saturated carbocycles. The van der Waals surface area contributed by atoms with E-state index < -0.39 is 0 Å². The molecule has 8 nitrogen and oxygen atoms in total. The van der Waals surface area contributed by atoms with Crippen LogP contribution in [0.5, 0.6) is 0 Å². The first-order valence-corrected chi connectivity index (χ1v) is 19.5. The number of rotatable bonds is 5. The van der Waals surface area contributed by atoms with E-state index in [1.54, 1.807) is 42.5 Å². The monoisotopic (exact) mass is 786 g/mol. The second-order valence-electron chi connectivity index (χ2n) is 14.8. The van der Waals surface area contributed by atoms with Crippen LogP contribution >= 0.6 is 0 Å². The summed E-state index contributed by atoms with van der Waals surface area (Å²) in [4.78, 5) is 0. The van der Waals surface area contributed by atoms with Crippen LogP contribution in [0.25, 0.3) is 88.4 Å². The lowest BCUT2D eigenvalue weighted by Crippen LogP contribution is -2.04. The lowest BCUT2D eigenvalue weighted by molar-refractivity contribution is 1.14. The molecule has 0 aliphatic heterocycles. The largest absolute Gasteiger partial charge is 0.309 e. The second-order valence-corrected chi connectivity index (χ2v) is 14.8. The number of para-hydroxylation sites is 2. The summed E-state index contributed by atoms with van der Waals surface area (Å²) in [5, 5.41) is 64.5. The van der Waals surface area contributed by atoms with E-state index in [4.69, 9.17) is 0 Å². The van der Waals surface area contributed by atoms with Gasteiger partial charge in [0.2, 0.25) is 0 Å². The average Bonchev–Trinajstić information content (AvgIpc) is 3.84. The van der Waals surface area contributed by atoms with Gasteiger partial charge in [0.15, 0.2) is 0 Å². The molecule has 2 aromatic heterocycles. The van der Waals surface area contributed by atoms with Crippen LogP contribution in [-0.4, -0.2) is 9.13 Å². The summed E-state index contributed by atoms with van der Waals surface area (Å²) in [5.41, 5.74) is 11.7. The maximum Gasteiger partial charge on any atom is 0.101 e. The van der Waals surface area contributed by atoms with Gasteiger partial charge in [0.25, 0.3) is 0 Å². The fourth-order valence-electron chi connectivity index (χ4n) is 8.74. The number of benzene rings is 8. The maximum atomic E-state index is 11.2. The smallest absolute Gasteiger partial charge is 0.101 e. The summed E-state index contributed by atoms with van der Waals surface area (Å²) in [5.74, 6) is 0. The Kier molecular flexibility index (Phi) is 8.62. The summed E-state index contributed by atoms with van der Waals surface area (Å²) < 4.78 is 4.23. The molecule has 282 valence electrons. The molecule has 0 bridgehead atoms. The Morgan fingerprint density at radius 3 is 1.27 bits per heavy atom. The molecular formula is C54H26N8. The van der Waals surface area contributed by atoms with E-state index in [9.17, 15) is 31.6 Å². The Balaban J connectivity index is 1.30. The van der Waals surface area contributed by atoms with E-state index in [1.807, 2.05) is 103 Å². The lowest BCUT2D eigenvalue weighted by atomic mass is 9.96. The zero-order valence-corrected chi connectivity index (χ0v) is 32.6. The zero-order chi connectivity index (χ0) is 42.5. The Morgan fingerprint density at radius 1 is 0.290 bits per heavy atom. The summed E-state index contributed by atoms with van der Waals surface area (Å²) in [7, 11) is 0. The number of nitriles is 6. The van der Waals surface area contributed by atoms with Gasteiger partial charge < -0.3 is 9.13 Å². The Hall–Kier alpha value is -9.70. The molecule has 0 atom stereocenters. The first kappa shape index (κ1) is 36.6. The van der Waals surface area contributed by atoms with E-state index in [0.29, 0.717) is 55.9 Å². The zero-order valence-electron chi connectivity index (χ0n) is 32.6. The lowest BCUT2D eigenvalue weighted by Gasteiger charge is -2.19. The Labute approximate surface area is 355 Å². The van der Waals surface area contributed by atoms with Crippen LogP contribution in [0.3, 0.4) is 0 Å². The van der Waals surface area contributed by atoms with Gasteiger partial charge in [0.1, 0.15) is 6.07 Å². The molecule has 0 aliphatic rings. The van der Waals surface area contributed by atoms with Gasteiger partial charge in [-0.2, -0.15) is 31.6 Å². The summed E-state index contributed by atoms with van der Waals surface area (Å²) in [6.07, 6.45) is 0. The van der Waals surface area contributed by atoms with E-state index >= 15 is 0 Å². The number of fused-ring (bicyclic) bond motifs is 6. The number of nitrogens with zero attached hydrogens (tertiary/aromatic N) is 8. The van der Waals surface area contributed by atoms with Crippen molar-refractivity contribution in [1.82, 2.24) is 9.13 Å². The van der Waals surface area contributed by atoms with Gasteiger partial charge in [-0.05, 0) is 101 Å². The third-order valence-corrected chi connectivity index (χ3v) is 11.5. The molecule has 8 heteroatoms. The maximum absolute atomic E-state index is 11.2. The van der Waals surface area contributed by atoms with E-state index in [1.165, 1.54) is 0 Å². The van der Waals surface area contributed by atoms with Crippen molar-refractivity contribution in [2.75, 3.05) is 0 Å². The molecule has 0 radical (unpaired) electrons. The predicted molar refractivity (Wildman–Crippen MR) is 240 cm³/mol. The highest BCUT2D eigenvalue weighted by Gasteiger charge is 2.23. The van der Waals surface area contributed by atoms with Crippen LogP contribution in [0.2, 0.25) is 0 Å². The van der Waals surface area contributed by atoms with Gasteiger partial charge >= 0.3 is 0 Å². The van der Waals surface area contributed by atoms with Gasteiger partial charge in [-0.25, -0.2) is 0 Å². The predicted octanol–water partition coefficient (Wildman–Crippen LogP) is 12.1. The molecule has 2 heterocycles. The molecule has 0 aliphatic carbocycles. The fourth-order valence-corrected chi connectivity index (χ4v) is 8.74. The van der Waals surface area contributed by atoms with Gasteiger partial charge in [-0.1, -0.05) is 84.9 Å². The minimum Gasteiger partial charge on any atom is -0.309 e. The van der Waals surface area contributed by atoms with Crippen molar-refractivity contribution < 1.29 is 0 Å². The van der Waals surface area contributed by atoms with Crippen LogP contribution in [0, 0.1) is 68.0 Å². The molecule has 0 N–H and O–H groups in total. The molecule has 0 saturated heterocycles. The van der Waals surface area contributed by atoms with Gasteiger partial charge in [-0.3, -0.25) is 0 Å². The third kappa shape index (κ3) is 5.71. The van der Waals surface area contributed by atoms with Gasteiger partial charge in [0.05, 0.1) is 97.2 Å². The third-order valence-electron chi connectivity index (χ3n) is 11.5. The molecule has 0 spiro atoms. The molecule has 8 aromatic carbocycles. The average molecular weight is 787 g/mol. The molecular weight excluding hydrogens is 761 g/mol. The topological polar surface area (TPSA) is 153 Å². The molecule has 10 aromatic rings. The van der Waals surface area contributed by atoms with Crippen molar-refractivity contribution in [3.8, 4) is 81.2 Å². The van der Waals surface area contributed by atoms with E-state index in [2.05, 4.69) is 57.7 Å². The summed E-state index contributed by atoms with van der Waals surface area (Å²) >= 11 is 0. The molecule has 0 fully saturated rings. The highest BCUT2D eigenvalue weighted by molar-refractivity contribution is 6.12. The summed E-state index contributed by atoms with van der Waals surface area (Å²) in [6, 6.07) is 63.3. The highest BCUT2D eigenvalue weighted by atomic mass is 15.0. The van der Waals surface area contributed by atoms with Crippen LogP contribution in [0.15, 0.2) is 158 Å². The number of hydrogen-bond acceptors (Lipinski definition) is 6. The van der Waals surface area contributed by atoms with E-state index in [0.717, 1.165) is 65.9 Å². The van der Waals surface area contributed by atoms with Crippen molar-refractivity contribution >= 4 is 43.6 Å². The molecule has 0 unspecified atom stereocenters. The van der Waals surface area contributed by atoms with Crippen molar-refractivity contribution in [2.45, 2.75) is 0 Å². The van der Waals surface area contributed by atoms with Crippen molar-refractivity contribution in [2.24, 2.45) is 0 Å². The molecule has 0 amide bonds. The molecule has 62 heavy (non-hydrogen) atoms. The SMILES string of the molecule is N#Cc1cccc(-c2cc(-n3c4ccccc4c4ccc(-c5ccc(C#N)cc5C#N)cc43)c(C#N)cc2-n2c3ccccc3c3ccc(-c4ccc(C#N)cc4C#N)cc32)c1. The quantitative estimate of drug-likeness (QED) is 0.169. The fraction of sp³-hybridized carbons (Fsp3) is 0. The highest BCUT2D eigenvalue weighted by Crippen LogP contribution is 2.42. The van der Waals surface area contributed by atoms with Crippen molar-refractivity contribution in [3.63, 3.8) is 0 Å². The van der Waals surface area contributed by atoms with E-state index in [-0.39, 0.29) is 0 Å². The summed E-state index contributed by atoms with van der Waals surface area (Å²) in [6.45, 7) is 0. The van der Waals surface area contributed by atoms with Crippen LogP contribution in [-0.2, 0) is 0 Å². The minimum atomic E-state index is 0.380. The van der Waals surface area contributed by atoms with Crippen LogP contribution in [0.4, 0.5) is 0 Å². The number of hydrogen-bond donors (Lipinski definition) is 0. The second kappa shape index (κ2) is 14.6. The molecule has 10 rings (SSSR count). The minimum absolute atomic E-state index is 0.380. The Morgan fingerprint density at radius 2 is 0.758 bits per heavy atom. The van der Waals surface area contributed by atoms with Gasteiger partial charge in [-0.15, -0.1) is 0 Å².